The van der Waals surface area contributed by atoms with Crippen LogP contribution in [0.3, 0.4) is 0 Å². The molecule has 46 heavy (non-hydrogen) atoms. The summed E-state index contributed by atoms with van der Waals surface area (Å²) in [6.07, 6.45) is 0.532. The van der Waals surface area contributed by atoms with Gasteiger partial charge in [-0.15, -0.1) is 18.2 Å². The number of nitrogens with zero attached hydrogens (tertiary/aromatic N) is 2. The summed E-state index contributed by atoms with van der Waals surface area (Å²) >= 11 is -1.72. The van der Waals surface area contributed by atoms with Crippen molar-refractivity contribution in [2.24, 2.45) is 0 Å². The van der Waals surface area contributed by atoms with Crippen molar-refractivity contribution >= 4 is 39.6 Å². The fraction of sp³-hybridized carbons (Fsp3) is 0.171. The first kappa shape index (κ1) is 27.3. The molecule has 1 radical (unpaired) electrons. The molecule has 7 aromatic rings. The van der Waals surface area contributed by atoms with Gasteiger partial charge in [0.25, 0.3) is 0 Å². The molecular weight excluding hydrogens is 801 g/mol. The van der Waals surface area contributed by atoms with Crippen LogP contribution in [0.25, 0.3) is 55.6 Å². The van der Waals surface area contributed by atoms with Gasteiger partial charge in [-0.2, -0.15) is 0 Å². The Morgan fingerprint density at radius 2 is 1.59 bits per heavy atom. The van der Waals surface area contributed by atoms with Crippen LogP contribution in [0.2, 0.25) is 17.3 Å². The SMILES string of the molecule is [2H]C1([2H])CCC([2H])([2H])c2c1ccnc2-c1[c-]ccc2c1oc1cc(-c3ccccc3)ccc12.[CH3][Ge]([CH3])([CH3])[c]1ccc(-c2[c-]cccc2)nc1.[Ir]. The molecule has 0 N–H and O–H groups in total. The van der Waals surface area contributed by atoms with Crippen molar-refractivity contribution in [1.29, 1.82) is 0 Å². The molecule has 3 nitrogen and oxygen atoms in total. The van der Waals surface area contributed by atoms with Gasteiger partial charge in [0.05, 0.1) is 5.58 Å². The third kappa shape index (κ3) is 6.66. The van der Waals surface area contributed by atoms with Gasteiger partial charge in [-0.3, -0.25) is 0 Å². The van der Waals surface area contributed by atoms with Gasteiger partial charge in [-0.05, 0) is 54.5 Å². The minimum absolute atomic E-state index is 0. The van der Waals surface area contributed by atoms with Gasteiger partial charge in [-0.1, -0.05) is 64.5 Å². The van der Waals surface area contributed by atoms with E-state index in [4.69, 9.17) is 9.90 Å². The Labute approximate surface area is 293 Å². The van der Waals surface area contributed by atoms with Crippen molar-refractivity contribution in [3.63, 3.8) is 0 Å². The Kier molecular flexibility index (Phi) is 8.24. The normalized spacial score (nSPS) is 16.1. The Morgan fingerprint density at radius 1 is 0.761 bits per heavy atom. The smallest absolute Gasteiger partial charge is 0 e. The van der Waals surface area contributed by atoms with Crippen molar-refractivity contribution in [3.05, 3.63) is 139 Å². The molecule has 1 aliphatic rings. The Bertz CT molecular complexity index is 2270. The molecule has 0 saturated carbocycles. The Balaban J connectivity index is 0.000000215. The van der Waals surface area contributed by atoms with E-state index in [-0.39, 0.29) is 32.9 Å². The van der Waals surface area contributed by atoms with E-state index in [9.17, 15) is 0 Å². The zero-order chi connectivity index (χ0) is 34.4. The van der Waals surface area contributed by atoms with Crippen LogP contribution < -0.4 is 4.40 Å². The molecule has 231 valence electrons. The predicted molar refractivity (Wildman–Crippen MR) is 189 cm³/mol. The molecule has 1 aliphatic carbocycles. The Morgan fingerprint density at radius 3 is 2.35 bits per heavy atom. The first-order valence-electron chi connectivity index (χ1n) is 17.3. The largest absolute Gasteiger partial charge is 0 e. The maximum absolute atomic E-state index is 8.63. The van der Waals surface area contributed by atoms with E-state index in [1.54, 1.807) is 18.3 Å². The fourth-order valence-electron chi connectivity index (χ4n) is 5.64. The first-order chi connectivity index (χ1) is 23.4. The third-order valence-electron chi connectivity index (χ3n) is 8.08. The molecule has 0 amide bonds. The fourth-order valence-corrected chi connectivity index (χ4v) is 7.81. The van der Waals surface area contributed by atoms with Gasteiger partial charge >= 0.3 is 99.8 Å². The van der Waals surface area contributed by atoms with Crippen molar-refractivity contribution in [2.75, 3.05) is 0 Å². The number of fused-ring (bicyclic) bond motifs is 4. The number of pyridine rings is 2. The van der Waals surface area contributed by atoms with E-state index in [1.807, 2.05) is 66.9 Å². The second-order valence-electron chi connectivity index (χ2n) is 12.2. The topological polar surface area (TPSA) is 38.9 Å². The molecular formula is C41H36GeIrN2O-2. The van der Waals surface area contributed by atoms with Crippen molar-refractivity contribution in [1.82, 2.24) is 9.97 Å². The second kappa shape index (κ2) is 13.9. The average Bonchev–Trinajstić information content (AvgIpc) is 3.49. The number of furan rings is 1. The minimum atomic E-state index is -1.72. The molecule has 8 rings (SSSR count). The molecule has 0 saturated heterocycles. The molecule has 3 heterocycles. The summed E-state index contributed by atoms with van der Waals surface area (Å²) in [6, 6.07) is 40.3. The molecule has 0 aliphatic heterocycles. The molecule has 0 atom stereocenters. The summed E-state index contributed by atoms with van der Waals surface area (Å²) in [7, 11) is 0. The van der Waals surface area contributed by atoms with Crippen LogP contribution in [0.4, 0.5) is 0 Å². The van der Waals surface area contributed by atoms with Crippen LogP contribution in [0.1, 0.15) is 29.5 Å². The van der Waals surface area contributed by atoms with Gasteiger partial charge in [0.1, 0.15) is 5.58 Å². The van der Waals surface area contributed by atoms with Crippen molar-refractivity contribution in [3.8, 4) is 33.6 Å². The van der Waals surface area contributed by atoms with Crippen LogP contribution in [0, 0.1) is 12.1 Å². The quantitative estimate of drug-likeness (QED) is 0.131. The van der Waals surface area contributed by atoms with Gasteiger partial charge in [0, 0.05) is 37.2 Å². The number of benzene rings is 4. The zero-order valence-corrected chi connectivity index (χ0v) is 30.5. The van der Waals surface area contributed by atoms with Crippen LogP contribution in [-0.4, -0.2) is 23.2 Å². The van der Waals surface area contributed by atoms with Crippen LogP contribution in [0.5, 0.6) is 0 Å². The van der Waals surface area contributed by atoms with E-state index < -0.39 is 26.0 Å². The van der Waals surface area contributed by atoms with Crippen LogP contribution >= 0.6 is 0 Å². The number of aryl methyl sites for hydroxylation is 1. The van der Waals surface area contributed by atoms with E-state index in [2.05, 4.69) is 69.7 Å². The Hall–Kier alpha value is -3.83. The summed E-state index contributed by atoms with van der Waals surface area (Å²) in [6.45, 7) is 0. The first-order valence-corrected chi connectivity index (χ1v) is 22.6. The average molecular weight is 842 g/mol. The van der Waals surface area contributed by atoms with Gasteiger partial charge < -0.3 is 9.40 Å². The molecule has 5 heteroatoms. The summed E-state index contributed by atoms with van der Waals surface area (Å²) in [4.78, 5) is 9.04. The van der Waals surface area contributed by atoms with E-state index in [0.29, 0.717) is 28.0 Å². The summed E-state index contributed by atoms with van der Waals surface area (Å²) in [5.41, 5.74) is 7.15. The number of aromatic nitrogens is 2. The van der Waals surface area contributed by atoms with Gasteiger partial charge in [0.2, 0.25) is 0 Å². The van der Waals surface area contributed by atoms with E-state index >= 15 is 0 Å². The van der Waals surface area contributed by atoms with Crippen molar-refractivity contribution < 1.29 is 30.0 Å². The number of rotatable bonds is 4. The molecule has 0 unspecified atom stereocenters. The van der Waals surface area contributed by atoms with Crippen LogP contribution in [0.15, 0.2) is 120 Å². The summed E-state index contributed by atoms with van der Waals surface area (Å²) in [5, 5.41) is 1.86. The van der Waals surface area contributed by atoms with Crippen LogP contribution in [-0.2, 0) is 32.9 Å². The van der Waals surface area contributed by atoms with E-state index in [0.717, 1.165) is 38.7 Å². The standard InChI is InChI=1S/C27H20NO.C14H16GeN.Ir/c1-2-7-18(8-3-1)20-13-14-22-23-11-6-12-24(27(23)29-25(22)17-20)26-21-10-5-4-9-19(21)15-16-28-26;1-15(2,3)13-9-10-14(16-11-13)12-7-5-4-6-8-12;/h1-3,6-8,11,13-17H,4-5,9-10H2;4-7,9-11H,1-3H3;/q2*-1;/i9D2,10D2;;. The maximum atomic E-state index is 8.63. The monoisotopic (exact) mass is 843 g/mol. The summed E-state index contributed by atoms with van der Waals surface area (Å²) < 4.78 is 41.9. The molecule has 3 aromatic heterocycles. The molecule has 0 fully saturated rings. The zero-order valence-electron chi connectivity index (χ0n) is 30.0. The maximum Gasteiger partial charge on any atom is 0 e. The predicted octanol–water partition coefficient (Wildman–Crippen LogP) is 10.1. The third-order valence-corrected chi connectivity index (χ3v) is 12.3. The molecule has 0 bridgehead atoms. The van der Waals surface area contributed by atoms with E-state index in [1.165, 1.54) is 4.40 Å². The summed E-state index contributed by atoms with van der Waals surface area (Å²) in [5.74, 6) is 7.14. The van der Waals surface area contributed by atoms with Gasteiger partial charge in [-0.25, -0.2) is 0 Å². The minimum Gasteiger partial charge on any atom is 0 e. The van der Waals surface area contributed by atoms with Gasteiger partial charge in [0.15, 0.2) is 0 Å². The number of hydrogen-bond acceptors (Lipinski definition) is 3. The second-order valence-corrected chi connectivity index (χ2v) is 22.8. The number of hydrogen-bond donors (Lipinski definition) is 0. The molecule has 4 aromatic carbocycles. The van der Waals surface area contributed by atoms with Crippen molar-refractivity contribution in [2.45, 2.75) is 42.9 Å². The molecule has 0 spiro atoms.